The normalized spacial score (nSPS) is 11.4. The van der Waals surface area contributed by atoms with E-state index in [9.17, 15) is 5.11 Å². The van der Waals surface area contributed by atoms with Crippen molar-refractivity contribution in [2.24, 2.45) is 0 Å². The topological polar surface area (TPSA) is 49.7 Å². The minimum absolute atomic E-state index is 0.142. The molecule has 0 amide bonds. The van der Waals surface area contributed by atoms with Gasteiger partial charge in [0.1, 0.15) is 11.5 Å². The van der Waals surface area contributed by atoms with Gasteiger partial charge in [-0.1, -0.05) is 38.1 Å². The van der Waals surface area contributed by atoms with Crippen molar-refractivity contribution >= 4 is 0 Å². The lowest BCUT2D eigenvalue weighted by molar-refractivity contribution is 0.233. The Labute approximate surface area is 125 Å². The van der Waals surface area contributed by atoms with E-state index in [2.05, 4.69) is 26.0 Å². The van der Waals surface area contributed by atoms with E-state index in [1.807, 2.05) is 24.3 Å². The van der Waals surface area contributed by atoms with E-state index < -0.39 is 0 Å². The van der Waals surface area contributed by atoms with Crippen LogP contribution < -0.4 is 4.74 Å². The molecule has 3 nitrogen and oxygen atoms in total. The fourth-order valence-electron chi connectivity index (χ4n) is 2.27. The quantitative estimate of drug-likeness (QED) is 0.799. The Hall–Kier alpha value is -2.00. The second-order valence-corrected chi connectivity index (χ2v) is 5.62. The van der Waals surface area contributed by atoms with Gasteiger partial charge in [-0.3, -0.25) is 0 Å². The number of hydrogen-bond acceptors (Lipinski definition) is 3. The molecule has 0 aliphatic heterocycles. The second-order valence-electron chi connectivity index (χ2n) is 5.62. The zero-order valence-electron chi connectivity index (χ0n) is 12.5. The molecule has 0 atom stereocenters. The fraction of sp³-hybridized carbons (Fsp3) is 0.333. The van der Waals surface area contributed by atoms with Crippen LogP contribution >= 0.6 is 0 Å². The van der Waals surface area contributed by atoms with Crippen LogP contribution in [0, 0.1) is 0 Å². The maximum absolute atomic E-state index is 9.40. The molecular weight excluding hydrogens is 264 g/mol. The van der Waals surface area contributed by atoms with Crippen LogP contribution in [-0.4, -0.2) is 23.4 Å². The second kappa shape index (κ2) is 6.64. The Morgan fingerprint density at radius 1 is 0.905 bits per heavy atom. The van der Waals surface area contributed by atoms with Crippen LogP contribution in [-0.2, 0) is 5.41 Å². The van der Waals surface area contributed by atoms with Gasteiger partial charge in [-0.2, -0.15) is 0 Å². The van der Waals surface area contributed by atoms with Gasteiger partial charge in [-0.25, -0.2) is 0 Å². The predicted octanol–water partition coefficient (Wildman–Crippen LogP) is 3.48. The summed E-state index contributed by atoms with van der Waals surface area (Å²) >= 11 is 0. The average molecular weight is 286 g/mol. The van der Waals surface area contributed by atoms with Gasteiger partial charge in [-0.05, 0) is 35.4 Å². The van der Waals surface area contributed by atoms with Crippen LogP contribution in [0.15, 0.2) is 48.5 Å². The number of benzene rings is 2. The fourth-order valence-corrected chi connectivity index (χ4v) is 2.27. The molecule has 0 aromatic heterocycles. The van der Waals surface area contributed by atoms with Crippen LogP contribution in [0.1, 0.15) is 31.4 Å². The predicted molar refractivity (Wildman–Crippen MR) is 83.9 cm³/mol. The summed E-state index contributed by atoms with van der Waals surface area (Å²) in [6, 6.07) is 15.3. The van der Waals surface area contributed by atoms with Crippen molar-refractivity contribution in [3.8, 4) is 11.5 Å². The summed E-state index contributed by atoms with van der Waals surface area (Å²) < 4.78 is 5.54. The highest BCUT2D eigenvalue weighted by Gasteiger charge is 2.22. The van der Waals surface area contributed by atoms with E-state index >= 15 is 0 Å². The first kappa shape index (κ1) is 15.4. The largest absolute Gasteiger partial charge is 0.508 e. The monoisotopic (exact) mass is 286 g/mol. The Kier molecular flexibility index (Phi) is 4.86. The minimum atomic E-state index is -0.142. The van der Waals surface area contributed by atoms with Crippen molar-refractivity contribution in [3.05, 3.63) is 59.7 Å². The van der Waals surface area contributed by atoms with Crippen LogP contribution in [0.3, 0.4) is 0 Å². The summed E-state index contributed by atoms with van der Waals surface area (Å²) in [5.41, 5.74) is 2.19. The number of aromatic hydroxyl groups is 1. The zero-order chi connectivity index (χ0) is 15.3. The van der Waals surface area contributed by atoms with E-state index in [1.54, 1.807) is 12.1 Å². The first-order valence-electron chi connectivity index (χ1n) is 7.18. The molecule has 0 unspecified atom stereocenters. The van der Waals surface area contributed by atoms with Gasteiger partial charge in [0.25, 0.3) is 0 Å². The Morgan fingerprint density at radius 3 is 1.95 bits per heavy atom. The van der Waals surface area contributed by atoms with Crippen molar-refractivity contribution in [1.29, 1.82) is 0 Å². The summed E-state index contributed by atoms with van der Waals surface area (Å²) in [5.74, 6) is 1.09. The molecule has 21 heavy (non-hydrogen) atoms. The van der Waals surface area contributed by atoms with Crippen molar-refractivity contribution in [3.63, 3.8) is 0 Å². The lowest BCUT2D eigenvalue weighted by Crippen LogP contribution is -2.18. The highest BCUT2D eigenvalue weighted by atomic mass is 16.5. The summed E-state index contributed by atoms with van der Waals surface area (Å²) in [7, 11) is 0. The summed E-state index contributed by atoms with van der Waals surface area (Å²) in [6.45, 7) is 4.98. The molecule has 0 heterocycles. The minimum Gasteiger partial charge on any atom is -0.508 e. The molecule has 0 aliphatic carbocycles. The summed E-state index contributed by atoms with van der Waals surface area (Å²) in [6.07, 6.45) is 0.640. The third kappa shape index (κ3) is 3.76. The molecule has 0 radical (unpaired) electrons. The molecule has 0 saturated carbocycles. The summed E-state index contributed by atoms with van der Waals surface area (Å²) in [4.78, 5) is 0. The Morgan fingerprint density at radius 2 is 1.43 bits per heavy atom. The lowest BCUT2D eigenvalue weighted by Gasteiger charge is -2.26. The van der Waals surface area contributed by atoms with E-state index in [1.165, 1.54) is 5.56 Å². The van der Waals surface area contributed by atoms with Gasteiger partial charge in [0.05, 0.1) is 6.61 Å². The van der Waals surface area contributed by atoms with Gasteiger partial charge in [0.2, 0.25) is 0 Å². The Balaban J connectivity index is 2.14. The van der Waals surface area contributed by atoms with Crippen LogP contribution in [0.5, 0.6) is 11.5 Å². The molecule has 0 spiro atoms. The van der Waals surface area contributed by atoms with Crippen molar-refractivity contribution < 1.29 is 14.9 Å². The summed E-state index contributed by atoms with van der Waals surface area (Å²) in [5, 5.41) is 18.1. The smallest absolute Gasteiger partial charge is 0.119 e. The number of ether oxygens (including phenoxy) is 1. The molecule has 0 aliphatic rings. The first-order chi connectivity index (χ1) is 10.0. The average Bonchev–Trinajstić information content (AvgIpc) is 2.48. The molecule has 2 aromatic carbocycles. The number of phenols is 1. The van der Waals surface area contributed by atoms with Gasteiger partial charge in [-0.15, -0.1) is 0 Å². The maximum atomic E-state index is 9.40. The highest BCUT2D eigenvalue weighted by molar-refractivity contribution is 5.41. The lowest BCUT2D eigenvalue weighted by atomic mass is 9.78. The number of rotatable bonds is 6. The molecule has 2 aromatic rings. The highest BCUT2D eigenvalue weighted by Crippen LogP contribution is 2.33. The molecule has 0 saturated heterocycles. The van der Waals surface area contributed by atoms with Crippen LogP contribution in [0.2, 0.25) is 0 Å². The van der Waals surface area contributed by atoms with Gasteiger partial charge < -0.3 is 14.9 Å². The standard InChI is InChI=1S/C18H22O3/c1-18(2,14-4-8-16(20)9-5-14)15-6-10-17(11-7-15)21-13-3-12-19/h4-11,19-20H,3,12-13H2,1-2H3. The maximum Gasteiger partial charge on any atom is 0.119 e. The third-order valence-corrected chi connectivity index (χ3v) is 3.74. The van der Waals surface area contributed by atoms with Crippen LogP contribution in [0.4, 0.5) is 0 Å². The zero-order valence-corrected chi connectivity index (χ0v) is 12.5. The number of aliphatic hydroxyl groups is 1. The van der Waals surface area contributed by atoms with E-state index in [-0.39, 0.29) is 17.8 Å². The molecule has 112 valence electrons. The number of aliphatic hydroxyl groups excluding tert-OH is 1. The van der Waals surface area contributed by atoms with Crippen molar-refractivity contribution in [2.45, 2.75) is 25.7 Å². The first-order valence-corrected chi connectivity index (χ1v) is 7.18. The molecule has 2 rings (SSSR count). The molecule has 0 bridgehead atoms. The molecule has 0 fully saturated rings. The van der Waals surface area contributed by atoms with Gasteiger partial charge >= 0.3 is 0 Å². The van der Waals surface area contributed by atoms with Crippen molar-refractivity contribution in [2.75, 3.05) is 13.2 Å². The molecular formula is C18H22O3. The Bertz CT molecular complexity index is 556. The van der Waals surface area contributed by atoms with E-state index in [0.717, 1.165) is 11.3 Å². The van der Waals surface area contributed by atoms with E-state index in [0.29, 0.717) is 13.0 Å². The number of hydrogen-bond donors (Lipinski definition) is 2. The third-order valence-electron chi connectivity index (χ3n) is 3.74. The van der Waals surface area contributed by atoms with Crippen LogP contribution in [0.25, 0.3) is 0 Å². The van der Waals surface area contributed by atoms with Gasteiger partial charge in [0, 0.05) is 18.4 Å². The SMILES string of the molecule is CC(C)(c1ccc(O)cc1)c1ccc(OCCCO)cc1. The molecule has 2 N–H and O–H groups in total. The van der Waals surface area contributed by atoms with Gasteiger partial charge in [0.15, 0.2) is 0 Å². The molecule has 3 heteroatoms. The van der Waals surface area contributed by atoms with E-state index in [4.69, 9.17) is 9.84 Å². The number of phenolic OH excluding ortho intramolecular Hbond substituents is 1. The van der Waals surface area contributed by atoms with Crippen molar-refractivity contribution in [1.82, 2.24) is 0 Å².